The van der Waals surface area contributed by atoms with Crippen LogP contribution in [0.3, 0.4) is 0 Å². The van der Waals surface area contributed by atoms with Crippen LogP contribution in [0.4, 0.5) is 10.7 Å². The molecule has 1 atom stereocenters. The highest BCUT2D eigenvalue weighted by Crippen LogP contribution is 2.16. The molecule has 22 heavy (non-hydrogen) atoms. The van der Waals surface area contributed by atoms with Crippen LogP contribution in [-0.4, -0.2) is 41.1 Å². The van der Waals surface area contributed by atoms with Crippen molar-refractivity contribution >= 4 is 23.8 Å². The Kier molecular flexibility index (Phi) is 6.32. The van der Waals surface area contributed by atoms with Crippen molar-refractivity contribution in [2.75, 3.05) is 18.4 Å². The summed E-state index contributed by atoms with van der Waals surface area (Å²) < 4.78 is 4.78. The van der Waals surface area contributed by atoms with Gasteiger partial charge in [-0.25, -0.2) is 14.6 Å². The first-order valence-corrected chi connectivity index (χ1v) is 6.58. The van der Waals surface area contributed by atoms with Gasteiger partial charge in [-0.1, -0.05) is 0 Å². The Bertz CT molecular complexity index is 550. The third kappa shape index (κ3) is 5.40. The molecule has 2 rings (SSSR count). The van der Waals surface area contributed by atoms with Crippen molar-refractivity contribution in [1.82, 2.24) is 10.3 Å². The number of carbonyl (C=O) groups is 3. The molecule has 1 aliphatic rings. The van der Waals surface area contributed by atoms with E-state index in [1.807, 2.05) is 5.32 Å². The lowest BCUT2D eigenvalue weighted by Gasteiger charge is -2.18. The summed E-state index contributed by atoms with van der Waals surface area (Å²) in [6.45, 7) is 3.26. The topological polar surface area (TPSA) is 174 Å². The van der Waals surface area contributed by atoms with Crippen molar-refractivity contribution in [3.63, 3.8) is 0 Å². The normalized spacial score (nSPS) is 17.0. The smallest absolute Gasteiger partial charge is 0.360 e. The van der Waals surface area contributed by atoms with Gasteiger partial charge in [0, 0.05) is 13.5 Å². The van der Waals surface area contributed by atoms with Crippen LogP contribution in [0.15, 0.2) is 4.42 Å². The number of primary amides is 2. The van der Waals surface area contributed by atoms with Crippen LogP contribution in [0.1, 0.15) is 29.2 Å². The summed E-state index contributed by atoms with van der Waals surface area (Å²) in [5, 5.41) is 13.7. The van der Waals surface area contributed by atoms with Gasteiger partial charge < -0.3 is 26.3 Å². The highest BCUT2D eigenvalue weighted by molar-refractivity contribution is 5.96. The standard InChI is InChI=1S/C6H7N3O4.C6H12N2O/c1-2-8-3(5(10)11)4(13-2)9-6(7)12;7-6(9)5-2-1-3-8-4-5/h1H3,(H,10,11)(H3,7,9,12);5,8H,1-4H2,(H2,7,9)/t;5-/m.0/s1. The molecule has 122 valence electrons. The molecular weight excluding hydrogens is 294 g/mol. The first-order valence-electron chi connectivity index (χ1n) is 6.58. The second-order valence-electron chi connectivity index (χ2n) is 4.65. The van der Waals surface area contributed by atoms with Crippen LogP contribution in [0.25, 0.3) is 0 Å². The summed E-state index contributed by atoms with van der Waals surface area (Å²) in [5.41, 5.74) is 9.50. The molecule has 10 heteroatoms. The molecule has 0 aliphatic carbocycles. The van der Waals surface area contributed by atoms with Crippen LogP contribution in [0.2, 0.25) is 0 Å². The van der Waals surface area contributed by atoms with E-state index in [2.05, 4.69) is 10.3 Å². The van der Waals surface area contributed by atoms with Gasteiger partial charge in [0.25, 0.3) is 0 Å². The molecule has 3 amide bonds. The first-order chi connectivity index (χ1) is 10.3. The van der Waals surface area contributed by atoms with E-state index >= 15 is 0 Å². The molecule has 1 aromatic rings. The maximum Gasteiger partial charge on any atom is 0.360 e. The van der Waals surface area contributed by atoms with Gasteiger partial charge in [0.2, 0.25) is 17.5 Å². The molecule has 2 heterocycles. The average molecular weight is 313 g/mol. The maximum absolute atomic E-state index is 10.5. The van der Waals surface area contributed by atoms with Gasteiger partial charge in [-0.3, -0.25) is 10.1 Å². The number of carbonyl (C=O) groups excluding carboxylic acids is 2. The van der Waals surface area contributed by atoms with Crippen LogP contribution < -0.4 is 22.1 Å². The Labute approximate surface area is 126 Å². The second kappa shape index (κ2) is 7.98. The zero-order valence-corrected chi connectivity index (χ0v) is 12.1. The van der Waals surface area contributed by atoms with Crippen LogP contribution in [-0.2, 0) is 4.79 Å². The molecule has 10 nitrogen and oxygen atoms in total. The van der Waals surface area contributed by atoms with Gasteiger partial charge >= 0.3 is 12.0 Å². The zero-order chi connectivity index (χ0) is 16.7. The summed E-state index contributed by atoms with van der Waals surface area (Å²) in [6, 6.07) is -0.904. The number of carboxylic acids is 1. The maximum atomic E-state index is 10.5. The van der Waals surface area contributed by atoms with E-state index in [-0.39, 0.29) is 29.3 Å². The lowest BCUT2D eigenvalue weighted by atomic mass is 9.99. The monoisotopic (exact) mass is 313 g/mol. The molecule has 7 N–H and O–H groups in total. The lowest BCUT2D eigenvalue weighted by molar-refractivity contribution is -0.122. The predicted molar refractivity (Wildman–Crippen MR) is 76.2 cm³/mol. The molecule has 1 fully saturated rings. The minimum atomic E-state index is -1.29. The Morgan fingerprint density at radius 1 is 1.41 bits per heavy atom. The minimum Gasteiger partial charge on any atom is -0.476 e. The van der Waals surface area contributed by atoms with Gasteiger partial charge in [-0.05, 0) is 19.4 Å². The summed E-state index contributed by atoms with van der Waals surface area (Å²) in [7, 11) is 0. The van der Waals surface area contributed by atoms with E-state index in [0.29, 0.717) is 0 Å². The number of hydrogen-bond acceptors (Lipinski definition) is 6. The van der Waals surface area contributed by atoms with Gasteiger partial charge in [-0.2, -0.15) is 0 Å². The highest BCUT2D eigenvalue weighted by Gasteiger charge is 2.18. The Balaban J connectivity index is 0.000000235. The average Bonchev–Trinajstić information content (AvgIpc) is 2.80. The number of rotatable bonds is 3. The number of nitrogens with zero attached hydrogens (tertiary/aromatic N) is 1. The van der Waals surface area contributed by atoms with E-state index in [1.165, 1.54) is 6.92 Å². The molecule has 0 radical (unpaired) electrons. The molecule has 0 spiro atoms. The fraction of sp³-hybridized carbons (Fsp3) is 0.500. The number of nitrogens with two attached hydrogens (primary N) is 2. The van der Waals surface area contributed by atoms with E-state index in [0.717, 1.165) is 25.9 Å². The van der Waals surface area contributed by atoms with Crippen molar-refractivity contribution in [3.8, 4) is 0 Å². The van der Waals surface area contributed by atoms with Crippen molar-refractivity contribution in [3.05, 3.63) is 11.6 Å². The number of amides is 3. The Morgan fingerprint density at radius 3 is 2.50 bits per heavy atom. The van der Waals surface area contributed by atoms with Crippen LogP contribution in [0, 0.1) is 12.8 Å². The van der Waals surface area contributed by atoms with E-state index < -0.39 is 12.0 Å². The number of urea groups is 1. The lowest BCUT2D eigenvalue weighted by Crippen LogP contribution is -2.37. The molecule has 0 unspecified atom stereocenters. The highest BCUT2D eigenvalue weighted by atomic mass is 16.4. The van der Waals surface area contributed by atoms with Gasteiger partial charge in [-0.15, -0.1) is 0 Å². The van der Waals surface area contributed by atoms with Crippen LogP contribution in [0.5, 0.6) is 0 Å². The number of nitrogens with one attached hydrogen (secondary N) is 2. The number of oxazole rings is 1. The fourth-order valence-electron chi connectivity index (χ4n) is 1.86. The number of aromatic carboxylic acids is 1. The molecule has 1 aromatic heterocycles. The number of hydrogen-bond donors (Lipinski definition) is 5. The van der Waals surface area contributed by atoms with Gasteiger partial charge in [0.15, 0.2) is 5.89 Å². The summed E-state index contributed by atoms with van der Waals surface area (Å²) in [4.78, 5) is 34.9. The number of aromatic nitrogens is 1. The largest absolute Gasteiger partial charge is 0.476 e. The molecule has 0 bridgehead atoms. The quantitative estimate of drug-likeness (QED) is 0.506. The molecule has 1 saturated heterocycles. The third-order valence-electron chi connectivity index (χ3n) is 2.87. The van der Waals surface area contributed by atoms with Crippen molar-refractivity contribution in [2.45, 2.75) is 19.8 Å². The molecule has 1 aliphatic heterocycles. The summed E-state index contributed by atoms with van der Waals surface area (Å²) in [6.07, 6.45) is 2.04. The number of anilines is 1. The van der Waals surface area contributed by atoms with E-state index in [4.69, 9.17) is 21.0 Å². The molecule has 0 aromatic carbocycles. The predicted octanol–water partition coefficient (Wildman–Crippen LogP) is -0.357. The van der Waals surface area contributed by atoms with Crippen LogP contribution >= 0.6 is 0 Å². The number of piperidine rings is 1. The Hall–Kier alpha value is -2.62. The SMILES string of the molecule is Cc1nc(C(=O)O)c(NC(N)=O)o1.NC(=O)[C@H]1CCCNC1. The molecular formula is C12H19N5O5. The van der Waals surface area contributed by atoms with Crippen molar-refractivity contribution in [1.29, 1.82) is 0 Å². The van der Waals surface area contributed by atoms with E-state index in [1.54, 1.807) is 0 Å². The first kappa shape index (κ1) is 17.4. The number of aryl methyl sites for hydroxylation is 1. The fourth-order valence-corrected chi connectivity index (χ4v) is 1.86. The zero-order valence-electron chi connectivity index (χ0n) is 12.1. The third-order valence-corrected chi connectivity index (χ3v) is 2.87. The number of carboxylic acid groups (broad SMARTS) is 1. The summed E-state index contributed by atoms with van der Waals surface area (Å²) >= 11 is 0. The van der Waals surface area contributed by atoms with Crippen molar-refractivity contribution < 1.29 is 23.9 Å². The second-order valence-corrected chi connectivity index (χ2v) is 4.65. The van der Waals surface area contributed by atoms with Crippen molar-refractivity contribution in [2.24, 2.45) is 17.4 Å². The van der Waals surface area contributed by atoms with Gasteiger partial charge in [0.05, 0.1) is 5.92 Å². The Morgan fingerprint density at radius 2 is 2.09 bits per heavy atom. The van der Waals surface area contributed by atoms with Gasteiger partial charge in [0.1, 0.15) is 0 Å². The minimum absolute atomic E-state index is 0.0822. The molecule has 0 saturated carbocycles. The summed E-state index contributed by atoms with van der Waals surface area (Å²) in [5.74, 6) is -1.49. The van der Waals surface area contributed by atoms with E-state index in [9.17, 15) is 14.4 Å².